The lowest BCUT2D eigenvalue weighted by atomic mass is 10.1. The fourth-order valence-electron chi connectivity index (χ4n) is 1.23. The number of carbonyl (C=O) groups is 1. The van der Waals surface area contributed by atoms with E-state index in [4.69, 9.17) is 15.3 Å². The largest absolute Gasteiger partial charge is 0.481 e. The van der Waals surface area contributed by atoms with Gasteiger partial charge < -0.3 is 5.11 Å². The van der Waals surface area contributed by atoms with Crippen molar-refractivity contribution in [2.75, 3.05) is 0 Å². The number of carboxylic acid groups (broad SMARTS) is 1. The highest BCUT2D eigenvalue weighted by molar-refractivity contribution is 5.66. The minimum atomic E-state index is -0.663. The smallest absolute Gasteiger partial charge is 0.303 e. The molecule has 0 aromatic rings. The summed E-state index contributed by atoms with van der Waals surface area (Å²) >= 11 is 0. The molecule has 0 unspecified atom stereocenters. The average molecular weight is 215 g/mol. The molecular weight excluding hydrogens is 194 g/mol. The third-order valence-electron chi connectivity index (χ3n) is 1.99. The van der Waals surface area contributed by atoms with Crippen LogP contribution >= 0.6 is 0 Å². The zero-order chi connectivity index (χ0) is 11.9. The maximum atomic E-state index is 10.1. The molecule has 0 amide bonds. The first-order valence-electron chi connectivity index (χ1n) is 5.44. The van der Waals surface area contributed by atoms with E-state index in [1.807, 2.05) is 0 Å². The first-order valence-corrected chi connectivity index (χ1v) is 5.44. The lowest BCUT2D eigenvalue weighted by Gasteiger charge is -1.98. The van der Waals surface area contributed by atoms with Crippen molar-refractivity contribution in [3.05, 3.63) is 0 Å². The molecule has 0 atom stereocenters. The maximum Gasteiger partial charge on any atom is 0.303 e. The van der Waals surface area contributed by atoms with Crippen molar-refractivity contribution in [2.45, 2.75) is 58.3 Å². The minimum absolute atomic E-state index is 0.341. The van der Waals surface area contributed by atoms with Crippen LogP contribution in [0.25, 0.3) is 0 Å². The van der Waals surface area contributed by atoms with Crippen LogP contribution in [-0.2, 0) is 9.59 Å². The van der Waals surface area contributed by atoms with Gasteiger partial charge in [0.05, 0.1) is 0 Å². The average Bonchev–Trinajstić information content (AvgIpc) is 2.17. The molecule has 0 aromatic heterocycles. The van der Waals surface area contributed by atoms with Gasteiger partial charge in [0.1, 0.15) is 0 Å². The fraction of sp³-hybridized carbons (Fsp3) is 0.818. The van der Waals surface area contributed by atoms with Crippen molar-refractivity contribution in [3.8, 4) is 0 Å². The molecule has 0 aliphatic heterocycles. The van der Waals surface area contributed by atoms with Crippen LogP contribution in [0, 0.1) is 5.41 Å². The number of hydrogen-bond donors (Lipinski definition) is 2. The van der Waals surface area contributed by atoms with Gasteiger partial charge in [-0.1, -0.05) is 45.4 Å². The van der Waals surface area contributed by atoms with Gasteiger partial charge in [0.15, 0.2) is 0 Å². The molecule has 15 heavy (non-hydrogen) atoms. The van der Waals surface area contributed by atoms with Gasteiger partial charge in [-0.2, -0.15) is 0 Å². The number of carbonyl (C=O) groups excluding carboxylic acids is 1. The number of nitrogens with one attached hydrogen (secondary N) is 1. The molecule has 4 nitrogen and oxygen atoms in total. The summed E-state index contributed by atoms with van der Waals surface area (Å²) < 4.78 is 0. The third-order valence-corrected chi connectivity index (χ3v) is 1.99. The molecule has 0 saturated heterocycles. The number of unbranched alkanes of at least 4 members (excludes halogenated alkanes) is 6. The quantitative estimate of drug-likeness (QED) is 0.371. The van der Waals surface area contributed by atoms with Crippen LogP contribution in [0.2, 0.25) is 0 Å². The van der Waals surface area contributed by atoms with Gasteiger partial charge in [0, 0.05) is 6.42 Å². The number of carboxylic acids is 1. The minimum Gasteiger partial charge on any atom is -0.481 e. The van der Waals surface area contributed by atoms with Crippen LogP contribution in [0.15, 0.2) is 0 Å². The molecule has 0 rings (SSSR count). The predicted molar refractivity (Wildman–Crippen MR) is 58.7 cm³/mol. The first-order chi connectivity index (χ1) is 7.18. The normalized spacial score (nSPS) is 8.60. The van der Waals surface area contributed by atoms with Gasteiger partial charge in [-0.05, 0) is 6.42 Å². The summed E-state index contributed by atoms with van der Waals surface area (Å²) in [5, 5.41) is 13.8. The summed E-state index contributed by atoms with van der Waals surface area (Å²) in [6, 6.07) is 0. The SMILES string of the molecule is CCCCCCCCCC(=O)O.N=C=O. The Hall–Kier alpha value is -1.15. The second-order valence-electron chi connectivity index (χ2n) is 3.37. The summed E-state index contributed by atoms with van der Waals surface area (Å²) in [7, 11) is 0. The Morgan fingerprint density at radius 2 is 1.53 bits per heavy atom. The van der Waals surface area contributed by atoms with E-state index in [-0.39, 0.29) is 0 Å². The lowest BCUT2D eigenvalue weighted by molar-refractivity contribution is -0.137. The molecule has 0 fully saturated rings. The Balaban J connectivity index is 0. The van der Waals surface area contributed by atoms with Crippen molar-refractivity contribution < 1.29 is 14.7 Å². The van der Waals surface area contributed by atoms with E-state index in [0.717, 1.165) is 18.9 Å². The second-order valence-corrected chi connectivity index (χ2v) is 3.37. The Labute approximate surface area is 91.2 Å². The van der Waals surface area contributed by atoms with E-state index >= 15 is 0 Å². The zero-order valence-corrected chi connectivity index (χ0v) is 9.42. The van der Waals surface area contributed by atoms with Crippen molar-refractivity contribution in [1.29, 1.82) is 5.41 Å². The first kappa shape index (κ1) is 16.3. The number of rotatable bonds is 8. The van der Waals surface area contributed by atoms with Crippen LogP contribution in [0.3, 0.4) is 0 Å². The number of aliphatic carboxylic acids is 1. The summed E-state index contributed by atoms with van der Waals surface area (Å²) in [6.07, 6.45) is 9.39. The van der Waals surface area contributed by atoms with Crippen molar-refractivity contribution in [3.63, 3.8) is 0 Å². The molecule has 0 aliphatic carbocycles. The summed E-state index contributed by atoms with van der Waals surface area (Å²) in [4.78, 5) is 18.5. The van der Waals surface area contributed by atoms with Crippen LogP contribution in [0.4, 0.5) is 0 Å². The van der Waals surface area contributed by atoms with Crippen molar-refractivity contribution >= 4 is 12.0 Å². The highest BCUT2D eigenvalue weighted by Crippen LogP contribution is 2.07. The van der Waals surface area contributed by atoms with E-state index in [2.05, 4.69) is 6.92 Å². The van der Waals surface area contributed by atoms with Crippen LogP contribution in [0.5, 0.6) is 0 Å². The fourth-order valence-corrected chi connectivity index (χ4v) is 1.23. The van der Waals surface area contributed by atoms with E-state index < -0.39 is 5.97 Å². The monoisotopic (exact) mass is 215 g/mol. The molecule has 0 saturated carbocycles. The standard InChI is InChI=1S/C10H20O2.CHNO/c1-2-3-4-5-6-7-8-9-10(11)12;2-1-3/h2-9H2,1H3,(H,11,12);2H. The van der Waals surface area contributed by atoms with Gasteiger partial charge >= 0.3 is 5.97 Å². The summed E-state index contributed by atoms with van der Waals surface area (Å²) in [5.41, 5.74) is 0. The topological polar surface area (TPSA) is 78.2 Å². The van der Waals surface area contributed by atoms with Crippen molar-refractivity contribution in [2.24, 2.45) is 0 Å². The van der Waals surface area contributed by atoms with Gasteiger partial charge in [-0.25, -0.2) is 10.2 Å². The summed E-state index contributed by atoms with van der Waals surface area (Å²) in [6.45, 7) is 2.20. The predicted octanol–water partition coefficient (Wildman–Crippen LogP) is 3.11. The molecular formula is C11H21NO3. The molecule has 0 aromatic carbocycles. The number of hydrogen-bond acceptors (Lipinski definition) is 3. The maximum absolute atomic E-state index is 10.1. The molecule has 0 aliphatic rings. The molecule has 0 bridgehead atoms. The van der Waals surface area contributed by atoms with E-state index in [1.165, 1.54) is 32.1 Å². The van der Waals surface area contributed by atoms with E-state index in [9.17, 15) is 4.79 Å². The second kappa shape index (κ2) is 15.3. The Morgan fingerprint density at radius 1 is 1.13 bits per heavy atom. The molecule has 4 heteroatoms. The number of isocyanates is 1. The van der Waals surface area contributed by atoms with Gasteiger partial charge in [-0.15, -0.1) is 0 Å². The molecule has 0 heterocycles. The van der Waals surface area contributed by atoms with Crippen LogP contribution in [0.1, 0.15) is 58.3 Å². The Morgan fingerprint density at radius 3 is 1.93 bits per heavy atom. The van der Waals surface area contributed by atoms with E-state index in [0.29, 0.717) is 6.42 Å². The van der Waals surface area contributed by atoms with E-state index in [1.54, 1.807) is 0 Å². The molecule has 0 spiro atoms. The highest BCUT2D eigenvalue weighted by Gasteiger charge is 1.95. The van der Waals surface area contributed by atoms with Gasteiger partial charge in [0.2, 0.25) is 6.08 Å². The van der Waals surface area contributed by atoms with Crippen LogP contribution in [-0.4, -0.2) is 17.2 Å². The van der Waals surface area contributed by atoms with Gasteiger partial charge in [0.25, 0.3) is 0 Å². The third kappa shape index (κ3) is 24.5. The lowest BCUT2D eigenvalue weighted by Crippen LogP contribution is -1.93. The van der Waals surface area contributed by atoms with Crippen LogP contribution < -0.4 is 0 Å². The molecule has 88 valence electrons. The molecule has 2 N–H and O–H groups in total. The Kier molecular flexibility index (Phi) is 16.6. The molecule has 0 radical (unpaired) electrons. The van der Waals surface area contributed by atoms with Crippen molar-refractivity contribution in [1.82, 2.24) is 0 Å². The summed E-state index contributed by atoms with van der Waals surface area (Å²) in [5.74, 6) is -0.663. The highest BCUT2D eigenvalue weighted by atomic mass is 16.4. The Bertz CT molecular complexity index is 175. The zero-order valence-electron chi connectivity index (χ0n) is 9.42. The van der Waals surface area contributed by atoms with Gasteiger partial charge in [-0.3, -0.25) is 4.79 Å².